The second kappa shape index (κ2) is 8.95. The standard InChI is InChI=1S/C30H31NO5/c1-19-11-12-20(13-28(19)34-2)30(33)14-21-16-35-17-22(15-30)31(21)29(32)36-18-27-25-9-5-3-7-23(25)24-8-4-6-10-26(24)27/h3-13,21-22,27,33H,14-18H2,1-2H3. The molecular weight excluding hydrogens is 454 g/mol. The molecule has 2 unspecified atom stereocenters. The fourth-order valence-electron chi connectivity index (χ4n) is 6.29. The fraction of sp³-hybridized carbons (Fsp3) is 0.367. The number of morpholine rings is 1. The van der Waals surface area contributed by atoms with Crippen molar-refractivity contribution < 1.29 is 24.1 Å². The number of benzene rings is 3. The summed E-state index contributed by atoms with van der Waals surface area (Å²) >= 11 is 0. The van der Waals surface area contributed by atoms with Gasteiger partial charge in [0.25, 0.3) is 0 Å². The Morgan fingerprint density at radius 3 is 2.22 bits per heavy atom. The zero-order valence-corrected chi connectivity index (χ0v) is 20.6. The highest BCUT2D eigenvalue weighted by atomic mass is 16.6. The SMILES string of the molecule is COc1cc(C2(O)CC3COCC(C2)N3C(=O)OCC2c3ccccc3-c3ccccc32)ccc1C. The number of carbonyl (C=O) groups excluding carboxylic acids is 1. The number of hydrogen-bond acceptors (Lipinski definition) is 5. The van der Waals surface area contributed by atoms with E-state index in [0.29, 0.717) is 26.1 Å². The Kier molecular flexibility index (Phi) is 5.73. The molecule has 36 heavy (non-hydrogen) atoms. The molecule has 3 aromatic carbocycles. The van der Waals surface area contributed by atoms with E-state index in [1.165, 1.54) is 22.3 Å². The zero-order chi connectivity index (χ0) is 24.9. The lowest BCUT2D eigenvalue weighted by atomic mass is 9.77. The quantitative estimate of drug-likeness (QED) is 0.563. The molecule has 2 bridgehead atoms. The molecule has 1 aliphatic carbocycles. The highest BCUT2D eigenvalue weighted by Crippen LogP contribution is 2.45. The average molecular weight is 486 g/mol. The van der Waals surface area contributed by atoms with Crippen LogP contribution in [0.3, 0.4) is 0 Å². The van der Waals surface area contributed by atoms with Crippen LogP contribution >= 0.6 is 0 Å². The summed E-state index contributed by atoms with van der Waals surface area (Å²) in [6.45, 7) is 3.02. The minimum atomic E-state index is -1.06. The Morgan fingerprint density at radius 1 is 1.00 bits per heavy atom. The second-order valence-electron chi connectivity index (χ2n) is 10.2. The first-order valence-corrected chi connectivity index (χ1v) is 12.6. The number of carbonyl (C=O) groups is 1. The Labute approximate surface area is 211 Å². The van der Waals surface area contributed by atoms with Crippen LogP contribution in [0, 0.1) is 6.92 Å². The number of aryl methyl sites for hydroxylation is 1. The van der Waals surface area contributed by atoms with Crippen LogP contribution < -0.4 is 4.74 Å². The van der Waals surface area contributed by atoms with Crippen LogP contribution in [-0.4, -0.2) is 55.1 Å². The third kappa shape index (κ3) is 3.76. The molecule has 6 heteroatoms. The van der Waals surface area contributed by atoms with Crippen LogP contribution in [0.5, 0.6) is 5.75 Å². The van der Waals surface area contributed by atoms with Gasteiger partial charge in [-0.1, -0.05) is 60.7 Å². The number of piperidine rings is 1. The van der Waals surface area contributed by atoms with E-state index in [1.807, 2.05) is 49.4 Å². The largest absolute Gasteiger partial charge is 0.496 e. The lowest BCUT2D eigenvalue weighted by molar-refractivity contribution is -0.136. The minimum Gasteiger partial charge on any atom is -0.496 e. The summed E-state index contributed by atoms with van der Waals surface area (Å²) in [7, 11) is 1.64. The van der Waals surface area contributed by atoms with Gasteiger partial charge in [-0.3, -0.25) is 4.90 Å². The Hall–Kier alpha value is -3.35. The molecule has 2 saturated heterocycles. The van der Waals surface area contributed by atoms with E-state index < -0.39 is 5.60 Å². The van der Waals surface area contributed by atoms with Gasteiger partial charge in [-0.25, -0.2) is 4.79 Å². The maximum Gasteiger partial charge on any atom is 0.410 e. The summed E-state index contributed by atoms with van der Waals surface area (Å²) in [6, 6.07) is 22.0. The zero-order valence-electron chi connectivity index (χ0n) is 20.6. The third-order valence-corrected chi connectivity index (χ3v) is 8.05. The minimum absolute atomic E-state index is 0.0131. The Balaban J connectivity index is 1.20. The molecule has 186 valence electrons. The smallest absolute Gasteiger partial charge is 0.410 e. The molecule has 2 fully saturated rings. The van der Waals surface area contributed by atoms with Crippen molar-refractivity contribution in [1.29, 1.82) is 0 Å². The number of hydrogen-bond donors (Lipinski definition) is 1. The van der Waals surface area contributed by atoms with Crippen molar-refractivity contribution in [2.24, 2.45) is 0 Å². The molecule has 0 spiro atoms. The van der Waals surface area contributed by atoms with E-state index in [0.717, 1.165) is 16.9 Å². The first-order chi connectivity index (χ1) is 17.5. The third-order valence-electron chi connectivity index (χ3n) is 8.05. The lowest BCUT2D eigenvalue weighted by Gasteiger charge is -2.51. The van der Waals surface area contributed by atoms with Crippen molar-refractivity contribution in [3.63, 3.8) is 0 Å². The Morgan fingerprint density at radius 2 is 1.61 bits per heavy atom. The van der Waals surface area contributed by atoms with Crippen LogP contribution in [-0.2, 0) is 15.1 Å². The fourth-order valence-corrected chi connectivity index (χ4v) is 6.29. The van der Waals surface area contributed by atoms with Gasteiger partial charge in [0, 0.05) is 18.8 Å². The van der Waals surface area contributed by atoms with Gasteiger partial charge in [0.2, 0.25) is 0 Å². The van der Waals surface area contributed by atoms with Crippen LogP contribution in [0.4, 0.5) is 4.79 Å². The van der Waals surface area contributed by atoms with Crippen molar-refractivity contribution in [2.75, 3.05) is 26.9 Å². The summed E-state index contributed by atoms with van der Waals surface area (Å²) in [5.74, 6) is 0.764. The lowest BCUT2D eigenvalue weighted by Crippen LogP contribution is -2.62. The number of ether oxygens (including phenoxy) is 3. The number of rotatable bonds is 4. The molecule has 0 aromatic heterocycles. The predicted molar refractivity (Wildman–Crippen MR) is 136 cm³/mol. The van der Waals surface area contributed by atoms with Crippen LogP contribution in [0.2, 0.25) is 0 Å². The summed E-state index contributed by atoms with van der Waals surface area (Å²) in [6.07, 6.45) is 0.443. The second-order valence-corrected chi connectivity index (χ2v) is 10.2. The van der Waals surface area contributed by atoms with Crippen molar-refractivity contribution in [2.45, 2.75) is 43.4 Å². The highest BCUT2D eigenvalue weighted by molar-refractivity contribution is 5.79. The summed E-state index contributed by atoms with van der Waals surface area (Å²) in [4.78, 5) is 15.2. The molecule has 0 radical (unpaired) electrons. The monoisotopic (exact) mass is 485 g/mol. The predicted octanol–water partition coefficient (Wildman–Crippen LogP) is 5.00. The van der Waals surface area contributed by atoms with E-state index in [-0.39, 0.29) is 30.7 Å². The Bertz CT molecular complexity index is 1240. The van der Waals surface area contributed by atoms with Gasteiger partial charge >= 0.3 is 6.09 Å². The van der Waals surface area contributed by atoms with Crippen LogP contribution in [0.1, 0.15) is 41.0 Å². The molecule has 0 saturated carbocycles. The van der Waals surface area contributed by atoms with Gasteiger partial charge in [-0.05, 0) is 46.4 Å². The molecule has 3 aliphatic rings. The van der Waals surface area contributed by atoms with E-state index in [2.05, 4.69) is 24.3 Å². The molecule has 2 heterocycles. The summed E-state index contributed by atoms with van der Waals surface area (Å²) < 4.78 is 17.3. The normalized spacial score (nSPS) is 24.7. The van der Waals surface area contributed by atoms with Crippen molar-refractivity contribution in [3.8, 4) is 16.9 Å². The van der Waals surface area contributed by atoms with Gasteiger partial charge in [0.15, 0.2) is 0 Å². The first kappa shape index (κ1) is 23.1. The molecule has 6 nitrogen and oxygen atoms in total. The van der Waals surface area contributed by atoms with Gasteiger partial charge in [-0.15, -0.1) is 0 Å². The molecule has 2 aliphatic heterocycles. The summed E-state index contributed by atoms with van der Waals surface area (Å²) in [5, 5.41) is 11.7. The summed E-state index contributed by atoms with van der Waals surface area (Å²) in [5.41, 5.74) is 5.57. The molecule has 1 N–H and O–H groups in total. The van der Waals surface area contributed by atoms with E-state index >= 15 is 0 Å². The van der Waals surface area contributed by atoms with Crippen molar-refractivity contribution >= 4 is 6.09 Å². The van der Waals surface area contributed by atoms with Gasteiger partial charge in [-0.2, -0.15) is 0 Å². The number of nitrogens with zero attached hydrogens (tertiary/aromatic N) is 1. The number of aliphatic hydroxyl groups is 1. The van der Waals surface area contributed by atoms with Crippen LogP contribution in [0.15, 0.2) is 66.7 Å². The topological polar surface area (TPSA) is 68.2 Å². The maximum absolute atomic E-state index is 13.4. The number of amides is 1. The van der Waals surface area contributed by atoms with E-state index in [4.69, 9.17) is 14.2 Å². The molecule has 2 atom stereocenters. The average Bonchev–Trinajstić information content (AvgIpc) is 3.20. The van der Waals surface area contributed by atoms with Gasteiger partial charge in [0.1, 0.15) is 12.4 Å². The van der Waals surface area contributed by atoms with Crippen LogP contribution in [0.25, 0.3) is 11.1 Å². The number of fused-ring (bicyclic) bond motifs is 5. The van der Waals surface area contributed by atoms with E-state index in [1.54, 1.807) is 12.0 Å². The maximum atomic E-state index is 13.4. The van der Waals surface area contributed by atoms with Gasteiger partial charge in [0.05, 0.1) is 38.0 Å². The molecule has 3 aromatic rings. The molecule has 6 rings (SSSR count). The molecular formula is C30H31NO5. The first-order valence-electron chi connectivity index (χ1n) is 12.6. The van der Waals surface area contributed by atoms with Gasteiger partial charge < -0.3 is 19.3 Å². The molecule has 1 amide bonds. The van der Waals surface area contributed by atoms with E-state index in [9.17, 15) is 9.90 Å². The van der Waals surface area contributed by atoms with Crippen molar-refractivity contribution in [3.05, 3.63) is 89.0 Å². The number of methoxy groups -OCH3 is 1. The highest BCUT2D eigenvalue weighted by Gasteiger charge is 2.49. The van der Waals surface area contributed by atoms with Crippen molar-refractivity contribution in [1.82, 2.24) is 4.90 Å².